The van der Waals surface area contributed by atoms with Crippen molar-refractivity contribution in [3.05, 3.63) is 28.8 Å². The first-order valence-corrected chi connectivity index (χ1v) is 9.56. The predicted molar refractivity (Wildman–Crippen MR) is 107 cm³/mol. The van der Waals surface area contributed by atoms with Crippen LogP contribution in [-0.4, -0.2) is 67.1 Å². The van der Waals surface area contributed by atoms with Gasteiger partial charge in [0.15, 0.2) is 0 Å². The second-order valence-corrected chi connectivity index (χ2v) is 6.91. The van der Waals surface area contributed by atoms with Crippen LogP contribution in [0.25, 0.3) is 0 Å². The molecule has 1 rings (SSSR count). The molecule has 0 bridgehead atoms. The molecule has 0 fully saturated rings. The third-order valence-corrected chi connectivity index (χ3v) is 4.51. The van der Waals surface area contributed by atoms with Crippen LogP contribution in [0.3, 0.4) is 0 Å². The van der Waals surface area contributed by atoms with E-state index in [1.807, 2.05) is 0 Å². The van der Waals surface area contributed by atoms with E-state index < -0.39 is 55.8 Å². The Morgan fingerprint density at radius 1 is 0.848 bits per heavy atom. The van der Waals surface area contributed by atoms with Crippen LogP contribution in [0, 0.1) is 0 Å². The topological polar surface area (TPSA) is 61.8 Å². The van der Waals surface area contributed by atoms with Gasteiger partial charge in [-0.05, 0) is 17.5 Å². The fraction of sp³-hybridized carbons (Fsp3) is 0.579. The van der Waals surface area contributed by atoms with Gasteiger partial charge in [0.05, 0.1) is 23.5 Å². The van der Waals surface area contributed by atoms with Gasteiger partial charge in [-0.25, -0.2) is 0 Å². The molecule has 33 heavy (non-hydrogen) atoms. The van der Waals surface area contributed by atoms with Crippen LogP contribution in [0.4, 0.5) is 26.3 Å². The summed E-state index contributed by atoms with van der Waals surface area (Å²) in [5.74, 6) is -2.63. The summed E-state index contributed by atoms with van der Waals surface area (Å²) in [4.78, 5) is 23.9. The number of ether oxygens (including phenoxy) is 3. The van der Waals surface area contributed by atoms with Crippen molar-refractivity contribution >= 4 is 35.5 Å². The molecule has 0 aliphatic rings. The van der Waals surface area contributed by atoms with Crippen molar-refractivity contribution in [2.45, 2.75) is 56.2 Å². The van der Waals surface area contributed by atoms with Crippen LogP contribution in [0.5, 0.6) is 5.75 Å². The standard InChI is InChI=1S/C19H19B3F6O5/c1-31-10-17(18(23,24)25,19(26,27)28)33-15(30)4-2-3-14(29)32-16-12(8-21)5-11(7-20)6-13(16)9-22/h5-6H,2-4,7-10H2,1H3. The molecular formula is C19H19B3F6O5. The maximum absolute atomic E-state index is 13.1. The Morgan fingerprint density at radius 3 is 1.73 bits per heavy atom. The molecule has 0 heterocycles. The van der Waals surface area contributed by atoms with Gasteiger partial charge in [-0.15, -0.1) is 0 Å². The van der Waals surface area contributed by atoms with Crippen molar-refractivity contribution in [1.29, 1.82) is 0 Å². The lowest BCUT2D eigenvalue weighted by atomic mass is 9.85. The highest BCUT2D eigenvalue weighted by Crippen LogP contribution is 2.46. The molecule has 1 aromatic rings. The fourth-order valence-electron chi connectivity index (χ4n) is 2.84. The highest BCUT2D eigenvalue weighted by atomic mass is 19.4. The van der Waals surface area contributed by atoms with Crippen molar-refractivity contribution in [2.24, 2.45) is 0 Å². The molecule has 0 N–H and O–H groups in total. The lowest BCUT2D eigenvalue weighted by Gasteiger charge is -2.35. The second-order valence-electron chi connectivity index (χ2n) is 6.91. The molecule has 0 aliphatic carbocycles. The van der Waals surface area contributed by atoms with E-state index in [4.69, 9.17) is 28.3 Å². The van der Waals surface area contributed by atoms with Crippen LogP contribution in [0.15, 0.2) is 12.1 Å². The lowest BCUT2D eigenvalue weighted by Crippen LogP contribution is -2.62. The number of halogens is 6. The van der Waals surface area contributed by atoms with Crippen LogP contribution < -0.4 is 4.74 Å². The average molecular weight is 474 g/mol. The van der Waals surface area contributed by atoms with Gasteiger partial charge in [-0.1, -0.05) is 36.7 Å². The van der Waals surface area contributed by atoms with Crippen LogP contribution in [0.2, 0.25) is 0 Å². The van der Waals surface area contributed by atoms with Gasteiger partial charge in [-0.2, -0.15) is 26.3 Å². The molecule has 0 atom stereocenters. The molecular weight excluding hydrogens is 455 g/mol. The van der Waals surface area contributed by atoms with E-state index in [0.29, 0.717) is 23.8 Å². The Hall–Kier alpha value is -2.11. The molecule has 0 amide bonds. The summed E-state index contributed by atoms with van der Waals surface area (Å²) in [6.45, 7) is -1.98. The summed E-state index contributed by atoms with van der Waals surface area (Å²) >= 11 is 0. The van der Waals surface area contributed by atoms with Gasteiger partial charge in [0, 0.05) is 20.0 Å². The summed E-state index contributed by atoms with van der Waals surface area (Å²) < 4.78 is 91.8. The number of carbonyl (C=O) groups is 2. The number of esters is 2. The number of methoxy groups -OCH3 is 1. The van der Waals surface area contributed by atoms with Crippen molar-refractivity contribution in [2.75, 3.05) is 13.7 Å². The van der Waals surface area contributed by atoms with Gasteiger partial charge >= 0.3 is 29.9 Å². The molecule has 6 radical (unpaired) electrons. The Bertz CT molecular complexity index is 790. The van der Waals surface area contributed by atoms with Gasteiger partial charge in [0.2, 0.25) is 0 Å². The zero-order chi connectivity index (χ0) is 25.4. The Morgan fingerprint density at radius 2 is 1.33 bits per heavy atom. The van der Waals surface area contributed by atoms with E-state index in [-0.39, 0.29) is 24.7 Å². The number of benzene rings is 1. The van der Waals surface area contributed by atoms with E-state index in [9.17, 15) is 35.9 Å². The summed E-state index contributed by atoms with van der Waals surface area (Å²) in [5.41, 5.74) is -3.30. The largest absolute Gasteiger partial charge is 0.439 e. The summed E-state index contributed by atoms with van der Waals surface area (Å²) in [7, 11) is 17.5. The van der Waals surface area contributed by atoms with Crippen LogP contribution >= 0.6 is 0 Å². The molecule has 0 aliphatic heterocycles. The van der Waals surface area contributed by atoms with Crippen LogP contribution in [0.1, 0.15) is 36.0 Å². The van der Waals surface area contributed by atoms with Crippen molar-refractivity contribution < 1.29 is 50.1 Å². The molecule has 0 saturated heterocycles. The Kier molecular flexibility index (Phi) is 10.4. The van der Waals surface area contributed by atoms with Crippen LogP contribution in [-0.2, 0) is 38.0 Å². The van der Waals surface area contributed by atoms with Gasteiger partial charge in [0.25, 0.3) is 0 Å². The van der Waals surface area contributed by atoms with Crippen molar-refractivity contribution in [3.8, 4) is 5.75 Å². The fourth-order valence-corrected chi connectivity index (χ4v) is 2.84. The number of hydrogen-bond donors (Lipinski definition) is 0. The first kappa shape index (κ1) is 28.9. The first-order valence-electron chi connectivity index (χ1n) is 9.56. The minimum Gasteiger partial charge on any atom is -0.437 e. The predicted octanol–water partition coefficient (Wildman–Crippen LogP) is 2.82. The normalized spacial score (nSPS) is 12.5. The zero-order valence-electron chi connectivity index (χ0n) is 17.6. The maximum Gasteiger partial charge on any atom is 0.439 e. The van der Waals surface area contributed by atoms with E-state index in [1.165, 1.54) is 0 Å². The van der Waals surface area contributed by atoms with Crippen molar-refractivity contribution in [3.63, 3.8) is 0 Å². The lowest BCUT2D eigenvalue weighted by molar-refractivity contribution is -0.378. The minimum atomic E-state index is -5.98. The molecule has 1 aromatic carbocycles. The monoisotopic (exact) mass is 474 g/mol. The summed E-state index contributed by atoms with van der Waals surface area (Å²) in [6.07, 6.45) is -13.7. The number of rotatable bonds is 11. The third-order valence-electron chi connectivity index (χ3n) is 4.51. The molecule has 0 saturated carbocycles. The quantitative estimate of drug-likeness (QED) is 0.214. The molecule has 176 valence electrons. The Labute approximate surface area is 190 Å². The molecule has 14 heteroatoms. The zero-order valence-corrected chi connectivity index (χ0v) is 17.6. The van der Waals surface area contributed by atoms with E-state index in [1.54, 1.807) is 12.1 Å². The molecule has 0 unspecified atom stereocenters. The second kappa shape index (κ2) is 11.8. The van der Waals surface area contributed by atoms with E-state index >= 15 is 0 Å². The minimum absolute atomic E-state index is 0.0216. The molecule has 0 aromatic heterocycles. The summed E-state index contributed by atoms with van der Waals surface area (Å²) in [6, 6.07) is 3.20. The highest BCUT2D eigenvalue weighted by Gasteiger charge is 2.74. The van der Waals surface area contributed by atoms with Gasteiger partial charge in [-0.3, -0.25) is 9.59 Å². The van der Waals surface area contributed by atoms with E-state index in [0.717, 1.165) is 0 Å². The Balaban J connectivity index is 2.84. The number of alkyl halides is 6. The third kappa shape index (κ3) is 7.19. The SMILES string of the molecule is [B]Cc1cc(C[B])c(OC(=O)CCCC(=O)OC(COC)(C(F)(F)F)C(F)(F)F)c(C[B])c1. The maximum atomic E-state index is 13.1. The van der Waals surface area contributed by atoms with Gasteiger partial charge in [0.1, 0.15) is 12.4 Å². The van der Waals surface area contributed by atoms with Crippen molar-refractivity contribution in [1.82, 2.24) is 0 Å². The van der Waals surface area contributed by atoms with Gasteiger partial charge < -0.3 is 14.2 Å². The first-order chi connectivity index (χ1) is 15.3. The van der Waals surface area contributed by atoms with E-state index in [2.05, 4.69) is 9.47 Å². The number of hydrogen-bond acceptors (Lipinski definition) is 5. The smallest absolute Gasteiger partial charge is 0.437 e. The molecule has 0 spiro atoms. The molecule has 5 nitrogen and oxygen atoms in total. The average Bonchev–Trinajstić information content (AvgIpc) is 2.71. The number of carbonyl (C=O) groups excluding carboxylic acids is 2. The highest BCUT2D eigenvalue weighted by molar-refractivity contribution is 6.10. The summed E-state index contributed by atoms with van der Waals surface area (Å²) in [5, 5.41) is 0.